The van der Waals surface area contributed by atoms with Gasteiger partial charge >= 0.3 is 0 Å². The van der Waals surface area contributed by atoms with Crippen LogP contribution in [0.15, 0.2) is 84.9 Å². The summed E-state index contributed by atoms with van der Waals surface area (Å²) in [5, 5.41) is 8.87. The summed E-state index contributed by atoms with van der Waals surface area (Å²) in [5.74, 6) is -0.0809. The van der Waals surface area contributed by atoms with Crippen LogP contribution in [0.25, 0.3) is 11.4 Å². The lowest BCUT2D eigenvalue weighted by Gasteiger charge is -2.14. The number of hydrogen-bond acceptors (Lipinski definition) is 7. The van der Waals surface area contributed by atoms with Crippen molar-refractivity contribution in [2.75, 3.05) is 43.1 Å². The highest BCUT2D eigenvalue weighted by Gasteiger charge is 2.18. The lowest BCUT2D eigenvalue weighted by molar-refractivity contribution is 0.100. The first-order valence-corrected chi connectivity index (χ1v) is 12.5. The van der Waals surface area contributed by atoms with Crippen LogP contribution in [0.2, 0.25) is 0 Å². The van der Waals surface area contributed by atoms with E-state index < -0.39 is 11.8 Å². The Hall–Kier alpha value is -4.89. The van der Waals surface area contributed by atoms with Crippen molar-refractivity contribution in [2.24, 2.45) is 0 Å². The number of Topliss-reactive ketones (excluding diaryl/α,β-unsaturated/α-hetero) is 1. The molecule has 2 amide bonds. The number of rotatable bonds is 10. The number of nitrogens with one attached hydrogen (secondary N) is 3. The Bertz CT molecular complexity index is 1490. The quantitative estimate of drug-likeness (QED) is 0.256. The highest BCUT2D eigenvalue weighted by Crippen LogP contribution is 2.21. The molecular formula is C30H30N6O3. The predicted octanol–water partition coefficient (Wildman–Crippen LogP) is 4.82. The average Bonchev–Trinajstić information content (AvgIpc) is 2.93. The molecule has 0 radical (unpaired) electrons. The summed E-state index contributed by atoms with van der Waals surface area (Å²) in [6.45, 7) is 2.88. The van der Waals surface area contributed by atoms with Crippen molar-refractivity contribution in [2.45, 2.75) is 6.92 Å². The number of anilines is 3. The van der Waals surface area contributed by atoms with Crippen molar-refractivity contribution in [1.82, 2.24) is 14.9 Å². The number of hydrogen-bond donors (Lipinski definition) is 3. The lowest BCUT2D eigenvalue weighted by atomic mass is 10.1. The zero-order valence-electron chi connectivity index (χ0n) is 22.1. The summed E-state index contributed by atoms with van der Waals surface area (Å²) in [6, 6.07) is 24.4. The molecule has 0 unspecified atom stereocenters. The number of carbonyl (C=O) groups is 3. The van der Waals surface area contributed by atoms with Crippen molar-refractivity contribution in [3.63, 3.8) is 0 Å². The molecule has 1 heterocycles. The van der Waals surface area contributed by atoms with Crippen LogP contribution in [-0.4, -0.2) is 59.7 Å². The number of carbonyl (C=O) groups excluding carboxylic acids is 3. The Morgan fingerprint density at radius 2 is 1.54 bits per heavy atom. The fourth-order valence-electron chi connectivity index (χ4n) is 3.77. The Morgan fingerprint density at radius 3 is 2.28 bits per heavy atom. The molecule has 4 aromatic rings. The number of likely N-dealkylation sites (N-methyl/N-ethyl adjacent to an activating group) is 1. The van der Waals surface area contributed by atoms with Crippen molar-refractivity contribution in [1.29, 1.82) is 0 Å². The first-order valence-electron chi connectivity index (χ1n) is 12.5. The maximum Gasteiger partial charge on any atom is 0.274 e. The molecule has 198 valence electrons. The van der Waals surface area contributed by atoms with Gasteiger partial charge in [0.05, 0.1) is 11.3 Å². The Morgan fingerprint density at radius 1 is 0.795 bits per heavy atom. The van der Waals surface area contributed by atoms with Gasteiger partial charge in [0, 0.05) is 36.0 Å². The van der Waals surface area contributed by atoms with Crippen LogP contribution in [0, 0.1) is 0 Å². The van der Waals surface area contributed by atoms with Gasteiger partial charge < -0.3 is 20.9 Å². The maximum absolute atomic E-state index is 13.4. The van der Waals surface area contributed by atoms with Gasteiger partial charge in [-0.05, 0) is 45.3 Å². The summed E-state index contributed by atoms with van der Waals surface area (Å²) >= 11 is 0. The molecule has 4 rings (SSSR count). The normalized spacial score (nSPS) is 10.7. The molecule has 9 heteroatoms. The van der Waals surface area contributed by atoms with Crippen LogP contribution < -0.4 is 16.0 Å². The molecule has 0 spiro atoms. The monoisotopic (exact) mass is 522 g/mol. The zero-order chi connectivity index (χ0) is 27.8. The fourth-order valence-corrected chi connectivity index (χ4v) is 3.77. The summed E-state index contributed by atoms with van der Waals surface area (Å²) in [6.07, 6.45) is 0. The van der Waals surface area contributed by atoms with Gasteiger partial charge in [0.2, 0.25) is 0 Å². The lowest BCUT2D eigenvalue weighted by Crippen LogP contribution is -2.22. The van der Waals surface area contributed by atoms with E-state index in [2.05, 4.69) is 25.9 Å². The number of nitrogens with zero attached hydrogens (tertiary/aromatic N) is 3. The van der Waals surface area contributed by atoms with E-state index in [0.29, 0.717) is 35.1 Å². The van der Waals surface area contributed by atoms with E-state index in [0.717, 1.165) is 12.1 Å². The molecule has 0 bridgehead atoms. The fraction of sp³-hybridized carbons (Fsp3) is 0.167. The molecule has 0 atom stereocenters. The zero-order valence-corrected chi connectivity index (χ0v) is 22.1. The highest BCUT2D eigenvalue weighted by atomic mass is 16.2. The minimum atomic E-state index is -0.482. The maximum atomic E-state index is 13.4. The second-order valence-corrected chi connectivity index (χ2v) is 9.15. The van der Waals surface area contributed by atoms with E-state index in [1.165, 1.54) is 6.92 Å². The molecule has 0 saturated heterocycles. The summed E-state index contributed by atoms with van der Waals surface area (Å²) < 4.78 is 0. The van der Waals surface area contributed by atoms with Gasteiger partial charge in [-0.15, -0.1) is 0 Å². The summed E-state index contributed by atoms with van der Waals surface area (Å²) in [5.41, 5.74) is 2.48. The van der Waals surface area contributed by atoms with Crippen LogP contribution in [0.3, 0.4) is 0 Å². The predicted molar refractivity (Wildman–Crippen MR) is 153 cm³/mol. The molecule has 3 aromatic carbocycles. The second kappa shape index (κ2) is 12.6. The topological polar surface area (TPSA) is 116 Å². The van der Waals surface area contributed by atoms with E-state index in [-0.39, 0.29) is 17.0 Å². The van der Waals surface area contributed by atoms with E-state index in [4.69, 9.17) is 0 Å². The third kappa shape index (κ3) is 7.33. The largest absolute Gasteiger partial charge is 0.369 e. The van der Waals surface area contributed by atoms with E-state index in [1.54, 1.807) is 54.6 Å². The van der Waals surface area contributed by atoms with Gasteiger partial charge in [0.25, 0.3) is 11.8 Å². The van der Waals surface area contributed by atoms with E-state index in [9.17, 15) is 14.4 Å². The third-order valence-corrected chi connectivity index (χ3v) is 5.80. The van der Waals surface area contributed by atoms with Crippen molar-refractivity contribution in [3.05, 3.63) is 102 Å². The first-order chi connectivity index (χ1) is 18.8. The van der Waals surface area contributed by atoms with Gasteiger partial charge in [0.1, 0.15) is 11.5 Å². The van der Waals surface area contributed by atoms with Gasteiger partial charge in [-0.1, -0.05) is 54.6 Å². The SMILES string of the molecule is CC(=O)c1cccc(NC(=O)c2ccccc2NC(=O)c2cc(NCCN(C)C)nc(-c3ccccc3)n2)c1. The molecule has 0 aliphatic heterocycles. The second-order valence-electron chi connectivity index (χ2n) is 9.15. The van der Waals surface area contributed by atoms with Crippen LogP contribution in [-0.2, 0) is 0 Å². The number of amides is 2. The molecule has 0 aliphatic carbocycles. The molecule has 0 saturated carbocycles. The molecule has 0 fully saturated rings. The Balaban J connectivity index is 1.59. The molecule has 3 N–H and O–H groups in total. The number of ketones is 1. The molecule has 0 aliphatic rings. The van der Waals surface area contributed by atoms with Crippen LogP contribution in [0.1, 0.15) is 38.1 Å². The number of aromatic nitrogens is 2. The molecule has 1 aromatic heterocycles. The molecule has 39 heavy (non-hydrogen) atoms. The van der Waals surface area contributed by atoms with Crippen molar-refractivity contribution >= 4 is 34.8 Å². The third-order valence-electron chi connectivity index (χ3n) is 5.80. The van der Waals surface area contributed by atoms with Gasteiger partial charge in [0.15, 0.2) is 11.6 Å². The smallest absolute Gasteiger partial charge is 0.274 e. The van der Waals surface area contributed by atoms with Crippen LogP contribution in [0.5, 0.6) is 0 Å². The minimum absolute atomic E-state index is 0.103. The van der Waals surface area contributed by atoms with E-state index >= 15 is 0 Å². The summed E-state index contributed by atoms with van der Waals surface area (Å²) in [4.78, 5) is 49.3. The standard InChI is InChI=1S/C30H30N6O3/c1-20(37)22-12-9-13-23(18-22)32-29(38)24-14-7-8-15-25(24)34-30(39)26-19-27(31-16-17-36(2)3)35-28(33-26)21-10-5-4-6-11-21/h4-15,18-19H,16-17H2,1-3H3,(H,32,38)(H,34,39)(H,31,33,35). The van der Waals surface area contributed by atoms with E-state index in [1.807, 2.05) is 49.3 Å². The van der Waals surface area contributed by atoms with Crippen molar-refractivity contribution in [3.8, 4) is 11.4 Å². The average molecular weight is 523 g/mol. The van der Waals surface area contributed by atoms with Crippen LogP contribution in [0.4, 0.5) is 17.2 Å². The Labute approximate surface area is 227 Å². The summed E-state index contributed by atoms with van der Waals surface area (Å²) in [7, 11) is 3.95. The molecule has 9 nitrogen and oxygen atoms in total. The van der Waals surface area contributed by atoms with Crippen LogP contribution >= 0.6 is 0 Å². The minimum Gasteiger partial charge on any atom is -0.369 e. The van der Waals surface area contributed by atoms with Gasteiger partial charge in [-0.3, -0.25) is 14.4 Å². The Kier molecular flexibility index (Phi) is 8.75. The van der Waals surface area contributed by atoms with Gasteiger partial charge in [-0.25, -0.2) is 9.97 Å². The number of para-hydroxylation sites is 1. The number of benzene rings is 3. The highest BCUT2D eigenvalue weighted by molar-refractivity contribution is 6.12. The van der Waals surface area contributed by atoms with Crippen molar-refractivity contribution < 1.29 is 14.4 Å². The van der Waals surface area contributed by atoms with Gasteiger partial charge in [-0.2, -0.15) is 0 Å². The molecular weight excluding hydrogens is 492 g/mol. The first kappa shape index (κ1) is 27.2.